The molecule has 0 atom stereocenters. The van der Waals surface area contributed by atoms with Gasteiger partial charge in [0.15, 0.2) is 11.5 Å². The van der Waals surface area contributed by atoms with Crippen molar-refractivity contribution in [2.75, 3.05) is 14.2 Å². The molecule has 29 heavy (non-hydrogen) atoms. The van der Waals surface area contributed by atoms with Gasteiger partial charge in [-0.15, -0.1) is 0 Å². The summed E-state index contributed by atoms with van der Waals surface area (Å²) in [6.45, 7) is 0.462. The maximum absolute atomic E-state index is 12.2. The molecule has 0 aliphatic heterocycles. The van der Waals surface area contributed by atoms with E-state index in [-0.39, 0.29) is 5.56 Å². The van der Waals surface area contributed by atoms with Crippen LogP contribution < -0.4 is 15.0 Å². The van der Waals surface area contributed by atoms with Gasteiger partial charge in [-0.2, -0.15) is 4.98 Å². The van der Waals surface area contributed by atoms with Crippen LogP contribution >= 0.6 is 0 Å². The predicted molar refractivity (Wildman–Crippen MR) is 108 cm³/mol. The average Bonchev–Trinajstić information content (AvgIpc) is 3.26. The highest BCUT2D eigenvalue weighted by Gasteiger charge is 2.14. The van der Waals surface area contributed by atoms with Crippen molar-refractivity contribution < 1.29 is 14.0 Å². The molecule has 0 amide bonds. The van der Waals surface area contributed by atoms with Gasteiger partial charge in [0.2, 0.25) is 5.82 Å². The maximum atomic E-state index is 12.2. The Morgan fingerprint density at radius 1 is 0.931 bits per heavy atom. The molecule has 7 heteroatoms. The first kappa shape index (κ1) is 18.5. The van der Waals surface area contributed by atoms with E-state index in [0.29, 0.717) is 35.3 Å². The molecule has 2 aromatic heterocycles. The fraction of sp³-hybridized carbons (Fsp3) is 0.136. The number of ether oxygens (including phenoxy) is 2. The van der Waals surface area contributed by atoms with Gasteiger partial charge in [-0.05, 0) is 29.8 Å². The van der Waals surface area contributed by atoms with Gasteiger partial charge < -0.3 is 18.6 Å². The Labute approximate surface area is 167 Å². The van der Waals surface area contributed by atoms with Gasteiger partial charge in [-0.25, -0.2) is 0 Å². The first-order valence-corrected chi connectivity index (χ1v) is 8.99. The lowest BCUT2D eigenvalue weighted by Crippen LogP contribution is -2.19. The molecular formula is C22H19N3O4. The molecule has 0 saturated carbocycles. The second-order valence-electron chi connectivity index (χ2n) is 6.36. The normalized spacial score (nSPS) is 10.7. The van der Waals surface area contributed by atoms with Crippen LogP contribution in [-0.4, -0.2) is 28.9 Å². The van der Waals surface area contributed by atoms with Crippen molar-refractivity contribution in [2.24, 2.45) is 0 Å². The molecule has 0 unspecified atom stereocenters. The first-order valence-electron chi connectivity index (χ1n) is 8.99. The van der Waals surface area contributed by atoms with E-state index in [1.54, 1.807) is 43.2 Å². The van der Waals surface area contributed by atoms with Crippen molar-refractivity contribution in [1.29, 1.82) is 0 Å². The number of hydrogen-bond donors (Lipinski definition) is 0. The molecule has 2 heterocycles. The van der Waals surface area contributed by atoms with Crippen molar-refractivity contribution in [3.63, 3.8) is 0 Å². The maximum Gasteiger partial charge on any atom is 0.259 e. The second-order valence-corrected chi connectivity index (χ2v) is 6.36. The van der Waals surface area contributed by atoms with Gasteiger partial charge in [0.05, 0.1) is 26.3 Å². The van der Waals surface area contributed by atoms with Gasteiger partial charge in [0.1, 0.15) is 0 Å². The minimum Gasteiger partial charge on any atom is -0.493 e. The summed E-state index contributed by atoms with van der Waals surface area (Å²) in [5, 5.41) is 4.06. The van der Waals surface area contributed by atoms with Crippen LogP contribution in [-0.2, 0) is 6.54 Å². The van der Waals surface area contributed by atoms with Crippen LogP contribution in [0, 0.1) is 0 Å². The molecule has 0 saturated heterocycles. The number of hydrogen-bond acceptors (Lipinski definition) is 6. The fourth-order valence-electron chi connectivity index (χ4n) is 2.99. The third kappa shape index (κ3) is 3.89. The van der Waals surface area contributed by atoms with Crippen molar-refractivity contribution in [1.82, 2.24) is 14.7 Å². The number of nitrogens with zero attached hydrogens (tertiary/aromatic N) is 3. The van der Waals surface area contributed by atoms with Crippen molar-refractivity contribution >= 4 is 0 Å². The topological polar surface area (TPSA) is 79.4 Å². The number of pyridine rings is 1. The Hall–Kier alpha value is -3.87. The summed E-state index contributed by atoms with van der Waals surface area (Å²) in [5.74, 6) is 1.94. The minimum absolute atomic E-state index is 0.0998. The van der Waals surface area contributed by atoms with Gasteiger partial charge in [-0.1, -0.05) is 35.5 Å². The predicted octanol–water partition coefficient (Wildman–Crippen LogP) is 3.63. The molecule has 7 nitrogen and oxygen atoms in total. The fourth-order valence-corrected chi connectivity index (χ4v) is 2.99. The lowest BCUT2D eigenvalue weighted by Gasteiger charge is -2.07. The molecule has 0 N–H and O–H groups in total. The summed E-state index contributed by atoms with van der Waals surface area (Å²) in [5.41, 5.74) is 2.33. The summed E-state index contributed by atoms with van der Waals surface area (Å²) >= 11 is 0. The number of methoxy groups -OCH3 is 2. The van der Waals surface area contributed by atoms with Crippen LogP contribution in [0.3, 0.4) is 0 Å². The first-order chi connectivity index (χ1) is 14.2. The highest BCUT2D eigenvalue weighted by molar-refractivity contribution is 5.63. The second kappa shape index (κ2) is 8.02. The number of rotatable bonds is 6. The summed E-state index contributed by atoms with van der Waals surface area (Å²) in [6.07, 6.45) is 1.72. The van der Waals surface area contributed by atoms with Crippen LogP contribution in [0.25, 0.3) is 22.8 Å². The molecule has 0 fully saturated rings. The van der Waals surface area contributed by atoms with Crippen molar-refractivity contribution in [3.05, 3.63) is 82.8 Å². The van der Waals surface area contributed by atoms with E-state index in [1.807, 2.05) is 36.4 Å². The van der Waals surface area contributed by atoms with E-state index < -0.39 is 0 Å². The van der Waals surface area contributed by atoms with Crippen LogP contribution in [0.4, 0.5) is 0 Å². The van der Waals surface area contributed by atoms with E-state index in [1.165, 1.54) is 6.07 Å². The van der Waals surface area contributed by atoms with Gasteiger partial charge >= 0.3 is 0 Å². The monoisotopic (exact) mass is 389 g/mol. The molecule has 2 aromatic carbocycles. The zero-order valence-corrected chi connectivity index (χ0v) is 16.0. The number of aromatic nitrogens is 3. The molecule has 0 bridgehead atoms. The zero-order valence-electron chi connectivity index (χ0n) is 16.0. The Kier molecular flexibility index (Phi) is 5.11. The SMILES string of the molecule is COc1ccc(-c2noc(-c3ccc(=O)n(Cc4ccccc4)c3)n2)cc1OC. The average molecular weight is 389 g/mol. The Bertz CT molecular complexity index is 1180. The van der Waals surface area contributed by atoms with Crippen molar-refractivity contribution in [3.8, 4) is 34.3 Å². The smallest absolute Gasteiger partial charge is 0.259 e. The molecular weight excluding hydrogens is 370 g/mol. The minimum atomic E-state index is -0.0998. The zero-order chi connectivity index (χ0) is 20.2. The summed E-state index contributed by atoms with van der Waals surface area (Å²) in [7, 11) is 3.15. The molecule has 0 spiro atoms. The molecule has 146 valence electrons. The lowest BCUT2D eigenvalue weighted by molar-refractivity contribution is 0.355. The quantitative estimate of drug-likeness (QED) is 0.501. The summed E-state index contributed by atoms with van der Waals surface area (Å²) < 4.78 is 17.6. The lowest BCUT2D eigenvalue weighted by atomic mass is 10.2. The largest absolute Gasteiger partial charge is 0.493 e. The van der Waals surface area contributed by atoms with E-state index >= 15 is 0 Å². The van der Waals surface area contributed by atoms with E-state index in [2.05, 4.69) is 10.1 Å². The number of benzene rings is 2. The van der Waals surface area contributed by atoms with Crippen molar-refractivity contribution in [2.45, 2.75) is 6.54 Å². The van der Waals surface area contributed by atoms with Gasteiger partial charge in [0, 0.05) is 17.8 Å². The van der Waals surface area contributed by atoms with Gasteiger partial charge in [-0.3, -0.25) is 4.79 Å². The molecule has 4 rings (SSSR count). The van der Waals surface area contributed by atoms with E-state index in [0.717, 1.165) is 11.1 Å². The Balaban J connectivity index is 1.65. The molecule has 0 aliphatic carbocycles. The molecule has 4 aromatic rings. The Morgan fingerprint density at radius 2 is 1.69 bits per heavy atom. The highest BCUT2D eigenvalue weighted by Crippen LogP contribution is 2.31. The van der Waals surface area contributed by atoms with Crippen LogP contribution in [0.2, 0.25) is 0 Å². The Morgan fingerprint density at radius 3 is 2.45 bits per heavy atom. The summed E-state index contributed by atoms with van der Waals surface area (Å²) in [6, 6.07) is 18.3. The molecule has 0 radical (unpaired) electrons. The molecule has 0 aliphatic rings. The standard InChI is InChI=1S/C22H19N3O4/c1-27-18-10-8-16(12-19(18)28-2)21-23-22(29-24-21)17-9-11-20(26)25(14-17)13-15-6-4-3-5-7-15/h3-12,14H,13H2,1-2H3. The van der Waals surface area contributed by atoms with Crippen LogP contribution in [0.1, 0.15) is 5.56 Å². The van der Waals surface area contributed by atoms with Gasteiger partial charge in [0.25, 0.3) is 11.4 Å². The van der Waals surface area contributed by atoms with Crippen LogP contribution in [0.5, 0.6) is 11.5 Å². The van der Waals surface area contributed by atoms with E-state index in [9.17, 15) is 4.79 Å². The van der Waals surface area contributed by atoms with Crippen LogP contribution in [0.15, 0.2) is 76.2 Å². The van der Waals surface area contributed by atoms with E-state index in [4.69, 9.17) is 14.0 Å². The summed E-state index contributed by atoms with van der Waals surface area (Å²) in [4.78, 5) is 16.7. The highest BCUT2D eigenvalue weighted by atomic mass is 16.5. The third-order valence-electron chi connectivity index (χ3n) is 4.49. The third-order valence-corrected chi connectivity index (χ3v) is 4.49.